The molecule has 1 aromatic rings. The maximum atomic E-state index is 12.2. The average molecular weight is 297 g/mol. The van der Waals surface area contributed by atoms with E-state index in [1.54, 1.807) is 11.3 Å². The SMILES string of the molecule is CCc1cnc(CNC(=O)N2CCCCC2CCO)s1. The first kappa shape index (κ1) is 15.3. The highest BCUT2D eigenvalue weighted by atomic mass is 32.1. The van der Waals surface area contributed by atoms with Crippen molar-refractivity contribution in [3.05, 3.63) is 16.1 Å². The number of aromatic nitrogens is 1. The number of amides is 2. The van der Waals surface area contributed by atoms with Gasteiger partial charge in [0.25, 0.3) is 0 Å². The Balaban J connectivity index is 1.86. The van der Waals surface area contributed by atoms with Crippen molar-refractivity contribution in [3.63, 3.8) is 0 Å². The van der Waals surface area contributed by atoms with Crippen molar-refractivity contribution in [1.82, 2.24) is 15.2 Å². The quantitative estimate of drug-likeness (QED) is 0.875. The van der Waals surface area contributed by atoms with E-state index in [-0.39, 0.29) is 18.7 Å². The standard InChI is InChI=1S/C14H23N3O2S/c1-2-12-9-15-13(20-12)10-16-14(19)17-7-4-3-5-11(17)6-8-18/h9,11,18H,2-8,10H2,1H3,(H,16,19). The van der Waals surface area contributed by atoms with Crippen LogP contribution in [0.15, 0.2) is 6.20 Å². The van der Waals surface area contributed by atoms with Crippen LogP contribution in [0, 0.1) is 0 Å². The molecule has 0 aromatic carbocycles. The summed E-state index contributed by atoms with van der Waals surface area (Å²) in [5, 5.41) is 13.0. The Morgan fingerprint density at radius 1 is 1.60 bits per heavy atom. The molecule has 1 atom stereocenters. The topological polar surface area (TPSA) is 65.5 Å². The van der Waals surface area contributed by atoms with Gasteiger partial charge in [0.1, 0.15) is 5.01 Å². The largest absolute Gasteiger partial charge is 0.396 e. The highest BCUT2D eigenvalue weighted by Crippen LogP contribution is 2.20. The van der Waals surface area contributed by atoms with Crippen LogP contribution in [0.3, 0.4) is 0 Å². The summed E-state index contributed by atoms with van der Waals surface area (Å²) in [4.78, 5) is 19.7. The van der Waals surface area contributed by atoms with Crippen LogP contribution in [0.5, 0.6) is 0 Å². The van der Waals surface area contributed by atoms with Gasteiger partial charge in [0, 0.05) is 30.3 Å². The second-order valence-corrected chi connectivity index (χ2v) is 6.29. The fourth-order valence-electron chi connectivity index (χ4n) is 2.56. The van der Waals surface area contributed by atoms with Gasteiger partial charge in [0.15, 0.2) is 0 Å². The summed E-state index contributed by atoms with van der Waals surface area (Å²) in [5.74, 6) is 0. The molecule has 1 saturated heterocycles. The van der Waals surface area contributed by atoms with E-state index in [1.807, 2.05) is 11.1 Å². The van der Waals surface area contributed by atoms with Crippen molar-refractivity contribution in [1.29, 1.82) is 0 Å². The van der Waals surface area contributed by atoms with Gasteiger partial charge in [-0.2, -0.15) is 0 Å². The number of thiazole rings is 1. The van der Waals surface area contributed by atoms with Crippen molar-refractivity contribution in [2.45, 2.75) is 51.6 Å². The van der Waals surface area contributed by atoms with E-state index in [0.29, 0.717) is 13.0 Å². The third-order valence-corrected chi connectivity index (χ3v) is 4.83. The number of hydrogen-bond donors (Lipinski definition) is 2. The van der Waals surface area contributed by atoms with E-state index in [9.17, 15) is 4.79 Å². The van der Waals surface area contributed by atoms with Crippen LogP contribution in [0.4, 0.5) is 4.79 Å². The summed E-state index contributed by atoms with van der Waals surface area (Å²) in [6.07, 6.45) is 6.71. The summed E-state index contributed by atoms with van der Waals surface area (Å²) in [5.41, 5.74) is 0. The fourth-order valence-corrected chi connectivity index (χ4v) is 3.37. The molecule has 1 aliphatic heterocycles. The first-order valence-electron chi connectivity index (χ1n) is 7.33. The lowest BCUT2D eigenvalue weighted by Gasteiger charge is -2.35. The zero-order chi connectivity index (χ0) is 14.4. The molecule has 2 heterocycles. The Labute approximate surface area is 124 Å². The maximum absolute atomic E-state index is 12.2. The van der Waals surface area contributed by atoms with Crippen molar-refractivity contribution in [3.8, 4) is 0 Å². The minimum absolute atomic E-state index is 0.0311. The highest BCUT2D eigenvalue weighted by Gasteiger charge is 2.26. The van der Waals surface area contributed by atoms with Crippen LogP contribution in [0.2, 0.25) is 0 Å². The Kier molecular flexibility index (Phi) is 5.79. The van der Waals surface area contributed by atoms with Gasteiger partial charge in [-0.05, 0) is 32.1 Å². The highest BCUT2D eigenvalue weighted by molar-refractivity contribution is 7.11. The van der Waals surface area contributed by atoms with Gasteiger partial charge in [-0.3, -0.25) is 0 Å². The Morgan fingerprint density at radius 3 is 3.15 bits per heavy atom. The second-order valence-electron chi connectivity index (χ2n) is 5.09. The van der Waals surface area contributed by atoms with E-state index >= 15 is 0 Å². The zero-order valence-electron chi connectivity index (χ0n) is 12.0. The van der Waals surface area contributed by atoms with Crippen LogP contribution in [0.1, 0.15) is 42.5 Å². The number of likely N-dealkylation sites (tertiary alicyclic amines) is 1. The van der Waals surface area contributed by atoms with Crippen molar-refractivity contribution in [2.24, 2.45) is 0 Å². The molecule has 112 valence electrons. The van der Waals surface area contributed by atoms with Crippen molar-refractivity contribution in [2.75, 3.05) is 13.2 Å². The third kappa shape index (κ3) is 3.93. The number of carbonyl (C=O) groups is 1. The summed E-state index contributed by atoms with van der Waals surface area (Å²) in [6.45, 7) is 3.52. The van der Waals surface area contributed by atoms with Crippen LogP contribution < -0.4 is 5.32 Å². The van der Waals surface area contributed by atoms with Crippen LogP contribution in [-0.2, 0) is 13.0 Å². The van der Waals surface area contributed by atoms with Gasteiger partial charge in [0.2, 0.25) is 0 Å². The molecular formula is C14H23N3O2S. The number of carbonyl (C=O) groups excluding carboxylic acids is 1. The predicted molar refractivity (Wildman–Crippen MR) is 79.8 cm³/mol. The van der Waals surface area contributed by atoms with Crippen molar-refractivity contribution >= 4 is 17.4 Å². The number of aliphatic hydroxyl groups is 1. The zero-order valence-corrected chi connectivity index (χ0v) is 12.8. The number of aryl methyl sites for hydroxylation is 1. The molecule has 2 amide bonds. The number of nitrogens with zero attached hydrogens (tertiary/aromatic N) is 2. The first-order chi connectivity index (χ1) is 9.74. The van der Waals surface area contributed by atoms with E-state index in [2.05, 4.69) is 17.2 Å². The number of hydrogen-bond acceptors (Lipinski definition) is 4. The molecule has 1 fully saturated rings. The van der Waals surface area contributed by atoms with Gasteiger partial charge in [0.05, 0.1) is 6.54 Å². The Hall–Kier alpha value is -1.14. The monoisotopic (exact) mass is 297 g/mol. The molecule has 2 rings (SSSR count). The number of urea groups is 1. The molecular weight excluding hydrogens is 274 g/mol. The minimum atomic E-state index is -0.0311. The van der Waals surface area contributed by atoms with Crippen LogP contribution in [0.25, 0.3) is 0 Å². The van der Waals surface area contributed by atoms with Gasteiger partial charge in [-0.1, -0.05) is 6.92 Å². The van der Waals surface area contributed by atoms with E-state index in [1.165, 1.54) is 4.88 Å². The molecule has 0 bridgehead atoms. The lowest BCUT2D eigenvalue weighted by Crippen LogP contribution is -2.48. The molecule has 0 radical (unpaired) electrons. The Morgan fingerprint density at radius 2 is 2.45 bits per heavy atom. The molecule has 5 nitrogen and oxygen atoms in total. The molecule has 6 heteroatoms. The van der Waals surface area contributed by atoms with Gasteiger partial charge in [-0.25, -0.2) is 9.78 Å². The second kappa shape index (κ2) is 7.59. The normalized spacial score (nSPS) is 19.1. The molecule has 0 spiro atoms. The summed E-state index contributed by atoms with van der Waals surface area (Å²) >= 11 is 1.65. The van der Waals surface area contributed by atoms with Crippen LogP contribution in [-0.4, -0.2) is 40.2 Å². The molecule has 1 aliphatic rings. The number of aliphatic hydroxyl groups excluding tert-OH is 1. The van der Waals surface area contributed by atoms with Gasteiger partial charge >= 0.3 is 6.03 Å². The maximum Gasteiger partial charge on any atom is 0.317 e. The number of piperidine rings is 1. The third-order valence-electron chi connectivity index (χ3n) is 3.69. The van der Waals surface area contributed by atoms with E-state index < -0.39 is 0 Å². The van der Waals surface area contributed by atoms with Crippen LogP contribution >= 0.6 is 11.3 Å². The summed E-state index contributed by atoms with van der Waals surface area (Å²) in [6, 6.07) is 0.146. The molecule has 0 aliphatic carbocycles. The molecule has 20 heavy (non-hydrogen) atoms. The lowest BCUT2D eigenvalue weighted by atomic mass is 10.0. The van der Waals surface area contributed by atoms with E-state index in [0.717, 1.165) is 37.2 Å². The van der Waals surface area contributed by atoms with E-state index in [4.69, 9.17) is 5.11 Å². The van der Waals surface area contributed by atoms with Gasteiger partial charge < -0.3 is 15.3 Å². The number of nitrogens with one attached hydrogen (secondary N) is 1. The van der Waals surface area contributed by atoms with Crippen molar-refractivity contribution < 1.29 is 9.90 Å². The molecule has 1 unspecified atom stereocenters. The minimum Gasteiger partial charge on any atom is -0.396 e. The molecule has 2 N–H and O–H groups in total. The summed E-state index contributed by atoms with van der Waals surface area (Å²) < 4.78 is 0. The lowest BCUT2D eigenvalue weighted by molar-refractivity contribution is 0.131. The average Bonchev–Trinajstić information content (AvgIpc) is 2.94. The fraction of sp³-hybridized carbons (Fsp3) is 0.714. The number of rotatable bonds is 5. The Bertz CT molecular complexity index is 434. The molecule has 0 saturated carbocycles. The summed E-state index contributed by atoms with van der Waals surface area (Å²) in [7, 11) is 0. The van der Waals surface area contributed by atoms with Gasteiger partial charge in [-0.15, -0.1) is 11.3 Å². The predicted octanol–water partition coefficient (Wildman–Crippen LogP) is 2.15. The molecule has 1 aromatic heterocycles. The smallest absolute Gasteiger partial charge is 0.317 e. The first-order valence-corrected chi connectivity index (χ1v) is 8.15.